The summed E-state index contributed by atoms with van der Waals surface area (Å²) in [7, 11) is 0. The van der Waals surface area contributed by atoms with Crippen molar-refractivity contribution < 1.29 is 18.3 Å². The zero-order valence-electron chi connectivity index (χ0n) is 7.02. The van der Waals surface area contributed by atoms with Gasteiger partial charge in [-0.3, -0.25) is 0 Å². The molecule has 0 saturated carbocycles. The standard InChI is InChI=1S/C9H9F3O/c1-5-2-8(12)6(3-7(5)11)9(13)4-10/h2-3,9,13H,4H2,1H3. The number of hydrogen-bond acceptors (Lipinski definition) is 1. The van der Waals surface area contributed by atoms with Gasteiger partial charge in [0, 0.05) is 5.56 Å². The molecule has 0 aromatic heterocycles. The summed E-state index contributed by atoms with van der Waals surface area (Å²) in [6.45, 7) is 0.267. The molecule has 0 spiro atoms. The molecule has 0 amide bonds. The molecule has 1 rings (SSSR count). The van der Waals surface area contributed by atoms with E-state index in [0.29, 0.717) is 0 Å². The predicted molar refractivity (Wildman–Crippen MR) is 42.0 cm³/mol. The lowest BCUT2D eigenvalue weighted by atomic mass is 10.1. The summed E-state index contributed by atoms with van der Waals surface area (Å²) >= 11 is 0. The lowest BCUT2D eigenvalue weighted by Crippen LogP contribution is -2.04. The number of halogens is 3. The highest BCUT2D eigenvalue weighted by Crippen LogP contribution is 2.20. The van der Waals surface area contributed by atoms with Crippen LogP contribution in [0.4, 0.5) is 13.2 Å². The summed E-state index contributed by atoms with van der Waals surface area (Å²) in [6.07, 6.45) is -1.59. The number of aliphatic hydroxyl groups is 1. The van der Waals surface area contributed by atoms with Crippen LogP contribution >= 0.6 is 0 Å². The lowest BCUT2D eigenvalue weighted by molar-refractivity contribution is 0.137. The highest BCUT2D eigenvalue weighted by atomic mass is 19.1. The van der Waals surface area contributed by atoms with E-state index >= 15 is 0 Å². The topological polar surface area (TPSA) is 20.2 Å². The minimum atomic E-state index is -1.59. The molecule has 1 aromatic carbocycles. The molecule has 1 atom stereocenters. The largest absolute Gasteiger partial charge is 0.386 e. The van der Waals surface area contributed by atoms with Crippen molar-refractivity contribution >= 4 is 0 Å². The van der Waals surface area contributed by atoms with Crippen molar-refractivity contribution in [2.24, 2.45) is 0 Å². The van der Waals surface area contributed by atoms with Crippen molar-refractivity contribution in [1.82, 2.24) is 0 Å². The molecule has 0 heterocycles. The summed E-state index contributed by atoms with van der Waals surface area (Å²) in [5.74, 6) is -1.44. The highest BCUT2D eigenvalue weighted by molar-refractivity contribution is 5.26. The van der Waals surface area contributed by atoms with Gasteiger partial charge in [0.05, 0.1) is 0 Å². The van der Waals surface area contributed by atoms with Crippen molar-refractivity contribution in [3.05, 3.63) is 34.9 Å². The van der Waals surface area contributed by atoms with E-state index < -0.39 is 24.4 Å². The van der Waals surface area contributed by atoms with Gasteiger partial charge >= 0.3 is 0 Å². The Labute approximate surface area is 73.8 Å². The molecule has 0 aliphatic carbocycles. The Hall–Kier alpha value is -1.03. The first-order valence-electron chi connectivity index (χ1n) is 3.76. The summed E-state index contributed by atoms with van der Waals surface area (Å²) in [4.78, 5) is 0. The van der Waals surface area contributed by atoms with E-state index in [-0.39, 0.29) is 11.1 Å². The van der Waals surface area contributed by atoms with Crippen molar-refractivity contribution in [2.45, 2.75) is 13.0 Å². The predicted octanol–water partition coefficient (Wildman–Crippen LogP) is 2.28. The maximum Gasteiger partial charge on any atom is 0.129 e. The van der Waals surface area contributed by atoms with Crippen LogP contribution in [-0.4, -0.2) is 11.8 Å². The minimum absolute atomic E-state index is 0.132. The molecule has 0 bridgehead atoms. The number of alkyl halides is 1. The van der Waals surface area contributed by atoms with Crippen LogP contribution < -0.4 is 0 Å². The summed E-state index contributed by atoms with van der Waals surface area (Å²) in [5.41, 5.74) is -0.210. The van der Waals surface area contributed by atoms with Crippen LogP contribution in [0.2, 0.25) is 0 Å². The van der Waals surface area contributed by atoms with Gasteiger partial charge in [0.1, 0.15) is 24.4 Å². The van der Waals surface area contributed by atoms with Gasteiger partial charge in [-0.1, -0.05) is 0 Å². The molecular weight excluding hydrogens is 181 g/mol. The third kappa shape index (κ3) is 2.01. The van der Waals surface area contributed by atoms with Crippen LogP contribution in [0.5, 0.6) is 0 Å². The highest BCUT2D eigenvalue weighted by Gasteiger charge is 2.14. The van der Waals surface area contributed by atoms with Gasteiger partial charge in [-0.25, -0.2) is 13.2 Å². The fraction of sp³-hybridized carbons (Fsp3) is 0.333. The van der Waals surface area contributed by atoms with Crippen LogP contribution in [0.25, 0.3) is 0 Å². The van der Waals surface area contributed by atoms with E-state index in [2.05, 4.69) is 0 Å². The Bertz CT molecular complexity index is 312. The third-order valence-corrected chi connectivity index (χ3v) is 1.78. The summed E-state index contributed by atoms with van der Waals surface area (Å²) in [5, 5.41) is 8.94. The molecule has 13 heavy (non-hydrogen) atoms. The molecule has 1 N–H and O–H groups in total. The van der Waals surface area contributed by atoms with Crippen molar-refractivity contribution in [1.29, 1.82) is 0 Å². The number of rotatable bonds is 2. The van der Waals surface area contributed by atoms with E-state index in [0.717, 1.165) is 12.1 Å². The zero-order chi connectivity index (χ0) is 10.0. The van der Waals surface area contributed by atoms with Crippen molar-refractivity contribution in [3.8, 4) is 0 Å². The smallest absolute Gasteiger partial charge is 0.129 e. The second kappa shape index (κ2) is 3.79. The fourth-order valence-corrected chi connectivity index (χ4v) is 1.00. The Morgan fingerprint density at radius 1 is 1.31 bits per heavy atom. The van der Waals surface area contributed by atoms with Gasteiger partial charge in [0.25, 0.3) is 0 Å². The van der Waals surface area contributed by atoms with Crippen LogP contribution in [0.15, 0.2) is 12.1 Å². The van der Waals surface area contributed by atoms with Crippen LogP contribution in [-0.2, 0) is 0 Å². The number of hydrogen-bond donors (Lipinski definition) is 1. The molecule has 0 aliphatic heterocycles. The molecule has 0 saturated heterocycles. The van der Waals surface area contributed by atoms with E-state index in [1.807, 2.05) is 0 Å². The Morgan fingerprint density at radius 2 is 1.92 bits per heavy atom. The molecule has 0 aliphatic rings. The maximum atomic E-state index is 13.0. The van der Waals surface area contributed by atoms with Gasteiger partial charge in [-0.15, -0.1) is 0 Å². The normalized spacial score (nSPS) is 13.0. The quantitative estimate of drug-likeness (QED) is 0.758. The average Bonchev–Trinajstić information content (AvgIpc) is 2.10. The van der Waals surface area contributed by atoms with Gasteiger partial charge in [0.2, 0.25) is 0 Å². The first-order chi connectivity index (χ1) is 6.06. The van der Waals surface area contributed by atoms with Crippen LogP contribution in [0, 0.1) is 18.6 Å². The monoisotopic (exact) mass is 190 g/mol. The van der Waals surface area contributed by atoms with Crippen molar-refractivity contribution in [3.63, 3.8) is 0 Å². The third-order valence-electron chi connectivity index (χ3n) is 1.78. The second-order valence-corrected chi connectivity index (χ2v) is 2.79. The number of benzene rings is 1. The average molecular weight is 190 g/mol. The summed E-state index contributed by atoms with van der Waals surface area (Å²) < 4.78 is 37.8. The van der Waals surface area contributed by atoms with Gasteiger partial charge in [-0.05, 0) is 24.6 Å². The van der Waals surface area contributed by atoms with E-state index in [9.17, 15) is 13.2 Å². The number of aryl methyl sites for hydroxylation is 1. The Morgan fingerprint density at radius 3 is 2.46 bits per heavy atom. The van der Waals surface area contributed by atoms with Crippen LogP contribution in [0.1, 0.15) is 17.2 Å². The molecule has 0 fully saturated rings. The van der Waals surface area contributed by atoms with Gasteiger partial charge < -0.3 is 5.11 Å². The molecule has 1 aromatic rings. The van der Waals surface area contributed by atoms with Gasteiger partial charge in [-0.2, -0.15) is 0 Å². The second-order valence-electron chi connectivity index (χ2n) is 2.79. The molecule has 1 nitrogen and oxygen atoms in total. The molecule has 72 valence electrons. The van der Waals surface area contributed by atoms with Crippen molar-refractivity contribution in [2.75, 3.05) is 6.67 Å². The lowest BCUT2D eigenvalue weighted by Gasteiger charge is -2.08. The summed E-state index contributed by atoms with van der Waals surface area (Å²) in [6, 6.07) is 1.75. The minimum Gasteiger partial charge on any atom is -0.386 e. The molecular formula is C9H9F3O. The number of aliphatic hydroxyl groups excluding tert-OH is 1. The maximum absolute atomic E-state index is 13.0. The van der Waals surface area contributed by atoms with E-state index in [4.69, 9.17) is 5.11 Å². The van der Waals surface area contributed by atoms with E-state index in [1.54, 1.807) is 0 Å². The first kappa shape index (κ1) is 10.1. The first-order valence-corrected chi connectivity index (χ1v) is 3.76. The Balaban J connectivity index is 3.15. The molecule has 1 unspecified atom stereocenters. The molecule has 0 radical (unpaired) electrons. The molecule has 4 heteroatoms. The van der Waals surface area contributed by atoms with E-state index in [1.165, 1.54) is 6.92 Å². The van der Waals surface area contributed by atoms with Crippen LogP contribution in [0.3, 0.4) is 0 Å². The van der Waals surface area contributed by atoms with Gasteiger partial charge in [0.15, 0.2) is 0 Å². The fourth-order valence-electron chi connectivity index (χ4n) is 1.00. The SMILES string of the molecule is Cc1cc(F)c(C(O)CF)cc1F. The Kier molecular flexibility index (Phi) is 2.93. The zero-order valence-corrected chi connectivity index (χ0v) is 7.02.